The first-order chi connectivity index (χ1) is 16.1. The third-order valence-electron chi connectivity index (χ3n) is 6.41. The molecule has 33 heavy (non-hydrogen) atoms. The van der Waals surface area contributed by atoms with E-state index >= 15 is 0 Å². The second kappa shape index (κ2) is 9.29. The quantitative estimate of drug-likeness (QED) is 0.475. The van der Waals surface area contributed by atoms with E-state index in [0.717, 1.165) is 48.8 Å². The zero-order chi connectivity index (χ0) is 22.8. The van der Waals surface area contributed by atoms with Crippen molar-refractivity contribution in [3.63, 3.8) is 0 Å². The molecule has 0 unspecified atom stereocenters. The van der Waals surface area contributed by atoms with Crippen LogP contribution in [0.3, 0.4) is 0 Å². The van der Waals surface area contributed by atoms with Crippen LogP contribution in [-0.4, -0.2) is 40.7 Å². The van der Waals surface area contributed by atoms with Crippen molar-refractivity contribution in [2.24, 2.45) is 0 Å². The van der Waals surface area contributed by atoms with E-state index in [-0.39, 0.29) is 11.8 Å². The highest BCUT2D eigenvalue weighted by Gasteiger charge is 2.32. The molecule has 3 aromatic rings. The number of hydrogen-bond acceptors (Lipinski definition) is 6. The molecule has 1 aliphatic carbocycles. The fourth-order valence-corrected chi connectivity index (χ4v) is 4.60. The van der Waals surface area contributed by atoms with E-state index in [1.165, 1.54) is 18.4 Å². The lowest BCUT2D eigenvalue weighted by molar-refractivity contribution is -0.0498. The lowest BCUT2D eigenvalue weighted by Crippen LogP contribution is -2.43. The fraction of sp³-hybridized carbons (Fsp3) is 0.400. The number of aryl methyl sites for hydroxylation is 1. The monoisotopic (exact) mass is 451 g/mol. The van der Waals surface area contributed by atoms with Crippen LogP contribution in [0.25, 0.3) is 0 Å². The number of pyridine rings is 1. The third-order valence-corrected chi connectivity index (χ3v) is 6.41. The Kier molecular flexibility index (Phi) is 6.07. The molecule has 1 aromatic carbocycles. The number of nitrogens with zero attached hydrogens (tertiary/aromatic N) is 5. The lowest BCUT2D eigenvalue weighted by atomic mass is 9.99. The lowest BCUT2D eigenvalue weighted by Gasteiger charge is -2.41. The minimum atomic E-state index is -2.83. The molecule has 1 aliphatic heterocycles. The Morgan fingerprint density at radius 3 is 2.30 bits per heavy atom. The largest absolute Gasteiger partial charge is 0.435 e. The Morgan fingerprint density at radius 2 is 1.67 bits per heavy atom. The molecule has 172 valence electrons. The summed E-state index contributed by atoms with van der Waals surface area (Å²) in [5, 5.41) is 0. The number of piperidine rings is 1. The summed E-state index contributed by atoms with van der Waals surface area (Å²) < 4.78 is 29.8. The maximum atomic E-state index is 12.6. The van der Waals surface area contributed by atoms with Crippen LogP contribution in [0.5, 0.6) is 5.75 Å². The Bertz CT molecular complexity index is 1060. The van der Waals surface area contributed by atoms with Crippen LogP contribution in [0, 0.1) is 6.92 Å². The molecule has 0 spiro atoms. The number of alkyl halides is 2. The van der Waals surface area contributed by atoms with Crippen molar-refractivity contribution in [2.45, 2.75) is 51.2 Å². The summed E-state index contributed by atoms with van der Waals surface area (Å²) in [4.78, 5) is 17.8. The predicted molar refractivity (Wildman–Crippen MR) is 123 cm³/mol. The second-order valence-electron chi connectivity index (χ2n) is 8.66. The molecule has 0 bridgehead atoms. The molecule has 8 heteroatoms. The van der Waals surface area contributed by atoms with Gasteiger partial charge in [-0.1, -0.05) is 0 Å². The summed E-state index contributed by atoms with van der Waals surface area (Å²) in [7, 11) is 0. The summed E-state index contributed by atoms with van der Waals surface area (Å²) in [6.07, 6.45) is 11.8. The first-order valence-corrected chi connectivity index (χ1v) is 11.4. The molecule has 0 atom stereocenters. The van der Waals surface area contributed by atoms with Gasteiger partial charge < -0.3 is 14.5 Å². The van der Waals surface area contributed by atoms with Gasteiger partial charge in [-0.15, -0.1) is 0 Å². The van der Waals surface area contributed by atoms with E-state index in [2.05, 4.69) is 35.6 Å². The van der Waals surface area contributed by atoms with Crippen molar-refractivity contribution in [3.05, 3.63) is 66.5 Å². The van der Waals surface area contributed by atoms with Gasteiger partial charge in [0, 0.05) is 31.0 Å². The smallest absolute Gasteiger partial charge is 0.387 e. The van der Waals surface area contributed by atoms with E-state index in [4.69, 9.17) is 0 Å². The van der Waals surface area contributed by atoms with Crippen LogP contribution in [0.2, 0.25) is 0 Å². The molecule has 2 aromatic heterocycles. The molecule has 6 nitrogen and oxygen atoms in total. The zero-order valence-electron chi connectivity index (χ0n) is 18.6. The molecule has 5 rings (SSSR count). The molecule has 0 amide bonds. The van der Waals surface area contributed by atoms with Gasteiger partial charge in [0.05, 0.1) is 30.0 Å². The van der Waals surface area contributed by atoms with Crippen molar-refractivity contribution in [1.82, 2.24) is 15.0 Å². The molecule has 3 heterocycles. The minimum absolute atomic E-state index is 0.163. The van der Waals surface area contributed by atoms with Crippen molar-refractivity contribution in [1.29, 1.82) is 0 Å². The van der Waals surface area contributed by atoms with Gasteiger partial charge in [0.15, 0.2) is 0 Å². The molecule has 0 radical (unpaired) electrons. The highest BCUT2D eigenvalue weighted by atomic mass is 19.3. The first kappa shape index (κ1) is 21.6. The third kappa shape index (κ3) is 4.89. The van der Waals surface area contributed by atoms with E-state index < -0.39 is 6.61 Å². The molecule has 1 saturated heterocycles. The number of rotatable bonds is 7. The maximum absolute atomic E-state index is 12.6. The van der Waals surface area contributed by atoms with Crippen LogP contribution in [-0.2, 0) is 0 Å². The zero-order valence-corrected chi connectivity index (χ0v) is 18.6. The van der Waals surface area contributed by atoms with Gasteiger partial charge in [-0.2, -0.15) is 8.78 Å². The average Bonchev–Trinajstić information content (AvgIpc) is 3.67. The van der Waals surface area contributed by atoms with Crippen LogP contribution in [0.4, 0.5) is 25.8 Å². The van der Waals surface area contributed by atoms with E-state index in [9.17, 15) is 8.78 Å². The van der Waals surface area contributed by atoms with E-state index in [0.29, 0.717) is 5.92 Å². The minimum Gasteiger partial charge on any atom is -0.435 e. The van der Waals surface area contributed by atoms with Crippen molar-refractivity contribution < 1.29 is 13.5 Å². The Labute approximate surface area is 192 Å². The number of ether oxygens (including phenoxy) is 1. The number of anilines is 3. The molecule has 2 aliphatic rings. The molecule has 2 fully saturated rings. The van der Waals surface area contributed by atoms with Crippen molar-refractivity contribution in [3.8, 4) is 5.75 Å². The van der Waals surface area contributed by atoms with Crippen LogP contribution < -0.4 is 14.5 Å². The van der Waals surface area contributed by atoms with Crippen LogP contribution in [0.1, 0.15) is 43.0 Å². The Morgan fingerprint density at radius 1 is 0.970 bits per heavy atom. The van der Waals surface area contributed by atoms with Crippen LogP contribution >= 0.6 is 0 Å². The summed E-state index contributed by atoms with van der Waals surface area (Å²) in [6.45, 7) is 0.830. The number of benzene rings is 1. The van der Waals surface area contributed by atoms with Gasteiger partial charge in [0.2, 0.25) is 0 Å². The number of aromatic nitrogens is 3. The summed E-state index contributed by atoms with van der Waals surface area (Å²) in [5.41, 5.74) is 4.43. The van der Waals surface area contributed by atoms with Gasteiger partial charge in [0.1, 0.15) is 11.6 Å². The number of hydrogen-bond donors (Lipinski definition) is 0. The Balaban J connectivity index is 1.42. The van der Waals surface area contributed by atoms with Gasteiger partial charge in [0.25, 0.3) is 0 Å². The number of halogens is 2. The van der Waals surface area contributed by atoms with Gasteiger partial charge in [-0.3, -0.25) is 4.98 Å². The standard InChI is InChI=1S/C25H27F2N5O/c1-17-29-14-21(15-30-17)31-12-9-20(10-13-31)32(19-4-6-22(7-5-19)33-25(26)27)24-16-28-11-8-23(24)18-2-3-18/h4-8,11,14-16,18,20,25H,2-3,9-10,12-13H2,1H3. The summed E-state index contributed by atoms with van der Waals surface area (Å²) >= 11 is 0. The van der Waals surface area contributed by atoms with E-state index in [1.807, 2.05) is 43.8 Å². The second-order valence-corrected chi connectivity index (χ2v) is 8.66. The van der Waals surface area contributed by atoms with Gasteiger partial charge in [-0.05, 0) is 74.4 Å². The first-order valence-electron chi connectivity index (χ1n) is 11.4. The predicted octanol–water partition coefficient (Wildman–Crippen LogP) is 5.47. The van der Waals surface area contributed by atoms with Crippen LogP contribution in [0.15, 0.2) is 55.1 Å². The Hall–Kier alpha value is -3.29. The fourth-order valence-electron chi connectivity index (χ4n) is 4.60. The highest BCUT2D eigenvalue weighted by molar-refractivity contribution is 5.68. The maximum Gasteiger partial charge on any atom is 0.387 e. The normalized spacial score (nSPS) is 16.8. The van der Waals surface area contributed by atoms with Gasteiger partial charge in [-0.25, -0.2) is 9.97 Å². The van der Waals surface area contributed by atoms with Crippen molar-refractivity contribution in [2.75, 3.05) is 22.9 Å². The average molecular weight is 452 g/mol. The topological polar surface area (TPSA) is 54.4 Å². The molecule has 1 saturated carbocycles. The highest BCUT2D eigenvalue weighted by Crippen LogP contribution is 2.46. The van der Waals surface area contributed by atoms with E-state index in [1.54, 1.807) is 12.1 Å². The SMILES string of the molecule is Cc1ncc(N2CCC(N(c3ccc(OC(F)F)cc3)c3cnccc3C3CC3)CC2)cn1. The molecular weight excluding hydrogens is 424 g/mol. The van der Waals surface area contributed by atoms with Gasteiger partial charge >= 0.3 is 6.61 Å². The summed E-state index contributed by atoms with van der Waals surface area (Å²) in [6, 6.07) is 9.33. The summed E-state index contributed by atoms with van der Waals surface area (Å²) in [5.74, 6) is 1.50. The van der Waals surface area contributed by atoms with Crippen molar-refractivity contribution >= 4 is 17.1 Å². The molecular formula is C25H27F2N5O. The molecule has 0 N–H and O–H groups in total.